The van der Waals surface area contributed by atoms with Crippen LogP contribution in [0.3, 0.4) is 0 Å². The fourth-order valence-electron chi connectivity index (χ4n) is 3.42. The van der Waals surface area contributed by atoms with E-state index in [4.69, 9.17) is 23.2 Å². The molecule has 0 N–H and O–H groups in total. The molecule has 0 fully saturated rings. The third-order valence-electron chi connectivity index (χ3n) is 4.78. The van der Waals surface area contributed by atoms with Crippen LogP contribution in [0.1, 0.15) is 28.3 Å². The van der Waals surface area contributed by atoms with Gasteiger partial charge < -0.3 is 4.57 Å². The lowest BCUT2D eigenvalue weighted by atomic mass is 10.1. The van der Waals surface area contributed by atoms with Gasteiger partial charge in [-0.3, -0.25) is 4.90 Å². The summed E-state index contributed by atoms with van der Waals surface area (Å²) in [4.78, 5) is 11.4. The van der Waals surface area contributed by atoms with Crippen molar-refractivity contribution in [1.29, 1.82) is 0 Å². The Morgan fingerprint density at radius 3 is 2.85 bits per heavy atom. The van der Waals surface area contributed by atoms with Gasteiger partial charge in [-0.05, 0) is 36.8 Å². The van der Waals surface area contributed by atoms with Crippen LogP contribution in [0, 0.1) is 6.92 Å². The smallest absolute Gasteiger partial charge is 0.125 e. The number of fused-ring (bicyclic) bond motifs is 1. The monoisotopic (exact) mass is 386 g/mol. The Morgan fingerprint density at radius 2 is 2.00 bits per heavy atom. The number of benzene rings is 1. The van der Waals surface area contributed by atoms with Crippen molar-refractivity contribution in [1.82, 2.24) is 19.4 Å². The van der Waals surface area contributed by atoms with E-state index < -0.39 is 0 Å². The van der Waals surface area contributed by atoms with E-state index >= 15 is 0 Å². The van der Waals surface area contributed by atoms with E-state index in [0.29, 0.717) is 10.0 Å². The Labute approximate surface area is 163 Å². The molecular weight excluding hydrogens is 367 g/mol. The molecule has 4 nitrogen and oxygen atoms in total. The Morgan fingerprint density at radius 1 is 1.12 bits per heavy atom. The van der Waals surface area contributed by atoms with Gasteiger partial charge in [-0.15, -0.1) is 0 Å². The molecule has 1 aromatic carbocycles. The van der Waals surface area contributed by atoms with Gasteiger partial charge in [0.1, 0.15) is 5.82 Å². The van der Waals surface area contributed by atoms with Crippen LogP contribution in [0.15, 0.2) is 42.7 Å². The maximum Gasteiger partial charge on any atom is 0.125 e. The summed E-state index contributed by atoms with van der Waals surface area (Å²) in [5, 5.41) is 1.19. The van der Waals surface area contributed by atoms with E-state index in [9.17, 15) is 0 Å². The van der Waals surface area contributed by atoms with Crippen molar-refractivity contribution in [3.8, 4) is 0 Å². The van der Waals surface area contributed by atoms with Crippen molar-refractivity contribution in [2.45, 2.75) is 33.0 Å². The maximum atomic E-state index is 6.15. The number of hydrogen-bond donors (Lipinski definition) is 0. The van der Waals surface area contributed by atoms with Gasteiger partial charge >= 0.3 is 0 Å². The van der Waals surface area contributed by atoms with E-state index in [0.717, 1.165) is 44.0 Å². The number of nitrogens with zero attached hydrogens (tertiary/aromatic N) is 4. The van der Waals surface area contributed by atoms with Gasteiger partial charge in [0.2, 0.25) is 0 Å². The largest absolute Gasteiger partial charge is 0.346 e. The Hall–Kier alpha value is -1.88. The van der Waals surface area contributed by atoms with Crippen LogP contribution in [0.2, 0.25) is 10.0 Å². The van der Waals surface area contributed by atoms with E-state index in [-0.39, 0.29) is 0 Å². The highest BCUT2D eigenvalue weighted by Gasteiger charge is 2.19. The van der Waals surface area contributed by atoms with E-state index in [1.165, 1.54) is 17.0 Å². The number of aryl methyl sites for hydroxylation is 1. The molecule has 1 aliphatic heterocycles. The van der Waals surface area contributed by atoms with Crippen LogP contribution in [0.4, 0.5) is 0 Å². The highest BCUT2D eigenvalue weighted by Crippen LogP contribution is 2.24. The highest BCUT2D eigenvalue weighted by molar-refractivity contribution is 6.42. The Kier molecular flexibility index (Phi) is 4.98. The zero-order valence-electron chi connectivity index (χ0n) is 14.6. The molecule has 1 aliphatic rings. The first-order valence-electron chi connectivity index (χ1n) is 8.70. The molecule has 0 aliphatic carbocycles. The zero-order valence-corrected chi connectivity index (χ0v) is 16.1. The average molecular weight is 387 g/mol. The van der Waals surface area contributed by atoms with Crippen LogP contribution >= 0.6 is 23.2 Å². The first-order chi connectivity index (χ1) is 12.6. The first-order valence-corrected chi connectivity index (χ1v) is 9.46. The standard InChI is InChI=1S/C20H20Cl2N4/c1-14-23-10-16-12-25(8-6-20(16)24-14)13-17-3-2-7-26(17)11-15-4-5-18(21)19(22)9-15/h2-5,7,9-10H,6,8,11-13H2,1H3. The summed E-state index contributed by atoms with van der Waals surface area (Å²) >= 11 is 12.2. The van der Waals surface area contributed by atoms with E-state index in [2.05, 4.69) is 37.8 Å². The van der Waals surface area contributed by atoms with Gasteiger partial charge in [-0.2, -0.15) is 0 Å². The topological polar surface area (TPSA) is 34.0 Å². The molecule has 0 spiro atoms. The zero-order chi connectivity index (χ0) is 18.1. The molecule has 0 saturated heterocycles. The van der Waals surface area contributed by atoms with Gasteiger partial charge in [0.25, 0.3) is 0 Å². The molecule has 26 heavy (non-hydrogen) atoms. The highest BCUT2D eigenvalue weighted by atomic mass is 35.5. The number of aromatic nitrogens is 3. The maximum absolute atomic E-state index is 6.15. The average Bonchev–Trinajstić information content (AvgIpc) is 3.05. The van der Waals surface area contributed by atoms with Crippen molar-refractivity contribution in [2.24, 2.45) is 0 Å². The fourth-order valence-corrected chi connectivity index (χ4v) is 3.74. The van der Waals surface area contributed by atoms with Crippen molar-refractivity contribution in [3.63, 3.8) is 0 Å². The third-order valence-corrected chi connectivity index (χ3v) is 5.52. The van der Waals surface area contributed by atoms with Crippen molar-refractivity contribution in [3.05, 3.63) is 81.1 Å². The van der Waals surface area contributed by atoms with Crippen LogP contribution in [0.5, 0.6) is 0 Å². The second-order valence-corrected chi connectivity index (χ2v) is 7.54. The molecule has 0 unspecified atom stereocenters. The summed E-state index contributed by atoms with van der Waals surface area (Å²) < 4.78 is 2.26. The summed E-state index contributed by atoms with van der Waals surface area (Å²) in [7, 11) is 0. The molecule has 0 amide bonds. The first kappa shape index (κ1) is 17.5. The molecule has 6 heteroatoms. The number of halogens is 2. The molecule has 4 rings (SSSR count). The predicted octanol–water partition coefficient (Wildman–Crippen LogP) is 4.50. The quantitative estimate of drug-likeness (QED) is 0.661. The minimum absolute atomic E-state index is 0.590. The second kappa shape index (κ2) is 7.39. The summed E-state index contributed by atoms with van der Waals surface area (Å²) in [6.45, 7) is 5.55. The molecule has 3 heterocycles. The van der Waals surface area contributed by atoms with E-state index in [1.54, 1.807) is 0 Å². The van der Waals surface area contributed by atoms with Crippen molar-refractivity contribution in [2.75, 3.05) is 6.54 Å². The Bertz CT molecular complexity index is 935. The van der Waals surface area contributed by atoms with Crippen LogP contribution in [0.25, 0.3) is 0 Å². The van der Waals surface area contributed by atoms with Gasteiger partial charge in [0, 0.05) is 61.9 Å². The lowest BCUT2D eigenvalue weighted by molar-refractivity contribution is 0.237. The Balaban J connectivity index is 1.47. The molecule has 0 bridgehead atoms. The minimum Gasteiger partial charge on any atom is -0.346 e. The summed E-state index contributed by atoms with van der Waals surface area (Å²) in [6.07, 6.45) is 5.06. The SMILES string of the molecule is Cc1ncc2c(n1)CCN(Cc1cccn1Cc1ccc(Cl)c(Cl)c1)C2. The van der Waals surface area contributed by atoms with Gasteiger partial charge in [0.05, 0.1) is 10.0 Å². The summed E-state index contributed by atoms with van der Waals surface area (Å²) in [5.74, 6) is 0.854. The summed E-state index contributed by atoms with van der Waals surface area (Å²) in [5.41, 5.74) is 4.86. The van der Waals surface area contributed by atoms with E-state index in [1.807, 2.05) is 31.3 Å². The minimum atomic E-state index is 0.590. The third kappa shape index (κ3) is 3.78. The lowest BCUT2D eigenvalue weighted by Gasteiger charge is -2.28. The van der Waals surface area contributed by atoms with Crippen LogP contribution in [-0.2, 0) is 26.1 Å². The summed E-state index contributed by atoms with van der Waals surface area (Å²) in [6, 6.07) is 10.1. The predicted molar refractivity (Wildman–Crippen MR) is 105 cm³/mol. The van der Waals surface area contributed by atoms with Gasteiger partial charge in [0.15, 0.2) is 0 Å². The fraction of sp³-hybridized carbons (Fsp3) is 0.300. The molecule has 2 aromatic heterocycles. The second-order valence-electron chi connectivity index (χ2n) is 6.73. The number of rotatable bonds is 4. The molecule has 0 saturated carbocycles. The van der Waals surface area contributed by atoms with Crippen molar-refractivity contribution >= 4 is 23.2 Å². The lowest BCUT2D eigenvalue weighted by Crippen LogP contribution is -2.31. The molecule has 0 radical (unpaired) electrons. The molecule has 134 valence electrons. The molecule has 3 aromatic rings. The normalized spacial score (nSPS) is 14.4. The van der Waals surface area contributed by atoms with Crippen LogP contribution < -0.4 is 0 Å². The number of hydrogen-bond acceptors (Lipinski definition) is 3. The molecular formula is C20H20Cl2N4. The van der Waals surface area contributed by atoms with Crippen molar-refractivity contribution < 1.29 is 0 Å². The molecule has 0 atom stereocenters. The van der Waals surface area contributed by atoms with Gasteiger partial charge in [-0.1, -0.05) is 29.3 Å². The van der Waals surface area contributed by atoms with Gasteiger partial charge in [-0.25, -0.2) is 9.97 Å². The van der Waals surface area contributed by atoms with Crippen LogP contribution in [-0.4, -0.2) is 26.0 Å².